The Kier molecular flexibility index (Phi) is 4.14. The minimum absolute atomic E-state index is 0.305. The highest BCUT2D eigenvalue weighted by atomic mass is 16.4. The molecule has 0 aromatic heterocycles. The zero-order chi connectivity index (χ0) is 15.7. The van der Waals surface area contributed by atoms with Crippen LogP contribution in [0.5, 0.6) is 0 Å². The van der Waals surface area contributed by atoms with Crippen molar-refractivity contribution >= 4 is 16.7 Å². The van der Waals surface area contributed by atoms with Crippen molar-refractivity contribution in [2.75, 3.05) is 6.54 Å². The Bertz CT molecular complexity index is 698. The maximum atomic E-state index is 11.5. The summed E-state index contributed by atoms with van der Waals surface area (Å²) in [5, 5.41) is 21.5. The lowest BCUT2D eigenvalue weighted by atomic mass is 9.95. The summed E-state index contributed by atoms with van der Waals surface area (Å²) in [4.78, 5) is 13.5. The Hall–Kier alpha value is -1.91. The highest BCUT2D eigenvalue weighted by Crippen LogP contribution is 2.27. The summed E-state index contributed by atoms with van der Waals surface area (Å²) in [7, 11) is 0. The molecule has 0 saturated carbocycles. The van der Waals surface area contributed by atoms with E-state index in [0.29, 0.717) is 25.9 Å². The van der Waals surface area contributed by atoms with E-state index < -0.39 is 18.1 Å². The van der Waals surface area contributed by atoms with Gasteiger partial charge in [-0.2, -0.15) is 0 Å². The summed E-state index contributed by atoms with van der Waals surface area (Å²) in [6.45, 7) is 3.29. The van der Waals surface area contributed by atoms with Crippen LogP contribution in [-0.2, 0) is 11.3 Å². The predicted molar refractivity (Wildman–Crippen MR) is 85.8 cm³/mol. The molecule has 0 radical (unpaired) electrons. The van der Waals surface area contributed by atoms with Gasteiger partial charge in [0.05, 0.1) is 6.10 Å². The molecule has 1 aliphatic rings. The van der Waals surface area contributed by atoms with Gasteiger partial charge in [0.2, 0.25) is 0 Å². The molecular weight excluding hydrogens is 278 g/mol. The minimum atomic E-state index is -0.850. The Labute approximate surface area is 130 Å². The molecule has 2 N–H and O–H groups in total. The molecule has 2 aromatic rings. The number of benzene rings is 2. The molecular formula is C18H21NO3. The number of carboxylic acid groups (broad SMARTS) is 1. The fourth-order valence-corrected chi connectivity index (χ4v) is 3.30. The molecule has 0 spiro atoms. The second kappa shape index (κ2) is 6.07. The maximum Gasteiger partial charge on any atom is 0.321 e. The number of nitrogens with zero attached hydrogens (tertiary/aromatic N) is 1. The van der Waals surface area contributed by atoms with Crippen molar-refractivity contribution in [2.24, 2.45) is 0 Å². The van der Waals surface area contributed by atoms with Crippen LogP contribution >= 0.6 is 0 Å². The third-order valence-electron chi connectivity index (χ3n) is 4.61. The summed E-state index contributed by atoms with van der Waals surface area (Å²) < 4.78 is 0. The molecule has 2 atom stereocenters. The van der Waals surface area contributed by atoms with Crippen LogP contribution in [0.4, 0.5) is 0 Å². The predicted octanol–water partition coefficient (Wildman–Crippen LogP) is 2.56. The number of fused-ring (bicyclic) bond motifs is 1. The van der Waals surface area contributed by atoms with Gasteiger partial charge in [-0.1, -0.05) is 36.4 Å². The molecule has 4 heteroatoms. The van der Waals surface area contributed by atoms with E-state index in [2.05, 4.69) is 31.2 Å². The monoisotopic (exact) mass is 299 g/mol. The molecule has 22 heavy (non-hydrogen) atoms. The largest absolute Gasteiger partial charge is 0.480 e. The van der Waals surface area contributed by atoms with Crippen molar-refractivity contribution in [3.8, 4) is 0 Å². The van der Waals surface area contributed by atoms with Crippen molar-refractivity contribution in [1.29, 1.82) is 0 Å². The van der Waals surface area contributed by atoms with Gasteiger partial charge in [0.1, 0.15) is 6.04 Å². The average molecular weight is 299 g/mol. The van der Waals surface area contributed by atoms with Crippen LogP contribution in [0.2, 0.25) is 0 Å². The van der Waals surface area contributed by atoms with Crippen molar-refractivity contribution in [1.82, 2.24) is 4.90 Å². The summed E-state index contributed by atoms with van der Waals surface area (Å²) in [5.41, 5.74) is 2.36. The molecule has 116 valence electrons. The van der Waals surface area contributed by atoms with Crippen LogP contribution in [-0.4, -0.2) is 39.8 Å². The van der Waals surface area contributed by atoms with Crippen LogP contribution in [0.25, 0.3) is 10.8 Å². The van der Waals surface area contributed by atoms with E-state index in [0.717, 1.165) is 0 Å². The number of rotatable bonds is 3. The van der Waals surface area contributed by atoms with Crippen LogP contribution in [0.3, 0.4) is 0 Å². The first-order valence-electron chi connectivity index (χ1n) is 7.68. The topological polar surface area (TPSA) is 60.8 Å². The van der Waals surface area contributed by atoms with Gasteiger partial charge < -0.3 is 10.2 Å². The Morgan fingerprint density at radius 3 is 2.82 bits per heavy atom. The van der Waals surface area contributed by atoms with E-state index in [1.165, 1.54) is 21.9 Å². The van der Waals surface area contributed by atoms with Gasteiger partial charge in [-0.25, -0.2) is 0 Å². The van der Waals surface area contributed by atoms with E-state index >= 15 is 0 Å². The van der Waals surface area contributed by atoms with Crippen LogP contribution in [0.1, 0.15) is 24.0 Å². The molecule has 3 rings (SSSR count). The number of carboxylic acids is 1. The zero-order valence-electron chi connectivity index (χ0n) is 12.7. The number of likely N-dealkylation sites (tertiary alicyclic amines) is 1. The lowest BCUT2D eigenvalue weighted by molar-refractivity contribution is -0.146. The number of hydrogen-bond donors (Lipinski definition) is 2. The smallest absolute Gasteiger partial charge is 0.321 e. The highest BCUT2D eigenvalue weighted by Gasteiger charge is 2.32. The van der Waals surface area contributed by atoms with Gasteiger partial charge in [-0.15, -0.1) is 0 Å². The Balaban J connectivity index is 1.95. The van der Waals surface area contributed by atoms with Gasteiger partial charge in [-0.05, 0) is 41.7 Å². The fourth-order valence-electron chi connectivity index (χ4n) is 3.30. The van der Waals surface area contributed by atoms with E-state index in [-0.39, 0.29) is 0 Å². The Morgan fingerprint density at radius 1 is 1.27 bits per heavy atom. The molecule has 1 aliphatic heterocycles. The van der Waals surface area contributed by atoms with Crippen molar-refractivity contribution in [3.63, 3.8) is 0 Å². The molecule has 2 aromatic carbocycles. The fraction of sp³-hybridized carbons (Fsp3) is 0.389. The van der Waals surface area contributed by atoms with Crippen LogP contribution in [0.15, 0.2) is 36.4 Å². The third-order valence-corrected chi connectivity index (χ3v) is 4.61. The molecule has 1 heterocycles. The van der Waals surface area contributed by atoms with Gasteiger partial charge >= 0.3 is 5.97 Å². The summed E-state index contributed by atoms with van der Waals surface area (Å²) in [6, 6.07) is 11.8. The number of aliphatic hydroxyl groups excluding tert-OH is 1. The Morgan fingerprint density at radius 2 is 2.05 bits per heavy atom. The van der Waals surface area contributed by atoms with Crippen molar-refractivity contribution in [2.45, 2.75) is 38.5 Å². The summed E-state index contributed by atoms with van der Waals surface area (Å²) >= 11 is 0. The first-order valence-corrected chi connectivity index (χ1v) is 7.68. The number of piperidine rings is 1. The number of aliphatic carboxylic acids is 1. The molecule has 4 nitrogen and oxygen atoms in total. The van der Waals surface area contributed by atoms with Gasteiger partial charge in [0.15, 0.2) is 0 Å². The third kappa shape index (κ3) is 2.85. The molecule has 1 fully saturated rings. The molecule has 0 bridgehead atoms. The van der Waals surface area contributed by atoms with E-state index in [1.54, 1.807) is 0 Å². The molecule has 1 saturated heterocycles. The number of aryl methyl sites for hydroxylation is 1. The highest BCUT2D eigenvalue weighted by molar-refractivity contribution is 5.86. The van der Waals surface area contributed by atoms with Crippen LogP contribution in [0, 0.1) is 6.92 Å². The number of aliphatic hydroxyl groups is 1. The van der Waals surface area contributed by atoms with Crippen molar-refractivity contribution < 1.29 is 15.0 Å². The summed E-state index contributed by atoms with van der Waals surface area (Å²) in [6.07, 6.45) is 0.429. The maximum absolute atomic E-state index is 11.5. The first kappa shape index (κ1) is 15.0. The summed E-state index contributed by atoms with van der Waals surface area (Å²) in [5.74, 6) is -0.850. The van der Waals surface area contributed by atoms with Crippen molar-refractivity contribution in [3.05, 3.63) is 47.5 Å². The average Bonchev–Trinajstić information content (AvgIpc) is 2.51. The number of carbonyl (C=O) groups is 1. The van der Waals surface area contributed by atoms with E-state index in [4.69, 9.17) is 0 Å². The second-order valence-electron chi connectivity index (χ2n) is 6.08. The van der Waals surface area contributed by atoms with E-state index in [1.807, 2.05) is 17.0 Å². The lowest BCUT2D eigenvalue weighted by Crippen LogP contribution is -2.48. The number of hydrogen-bond acceptors (Lipinski definition) is 3. The SMILES string of the molecule is Cc1ccc2ccccc2c1CN1CC[C@H](O)C[C@@H]1C(=O)O. The molecule has 0 unspecified atom stereocenters. The zero-order valence-corrected chi connectivity index (χ0v) is 12.7. The second-order valence-corrected chi connectivity index (χ2v) is 6.08. The van der Waals surface area contributed by atoms with Gasteiger partial charge in [0, 0.05) is 13.1 Å². The van der Waals surface area contributed by atoms with Gasteiger partial charge in [0.25, 0.3) is 0 Å². The first-order chi connectivity index (χ1) is 10.6. The van der Waals surface area contributed by atoms with Gasteiger partial charge in [-0.3, -0.25) is 9.69 Å². The normalized spacial score (nSPS) is 22.8. The lowest BCUT2D eigenvalue weighted by Gasteiger charge is -2.35. The standard InChI is InChI=1S/C18H21NO3/c1-12-6-7-13-4-2-3-5-15(13)16(12)11-19-9-8-14(20)10-17(19)18(21)22/h2-7,14,17,20H,8-11H2,1H3,(H,21,22)/t14-,17+/m0/s1. The quantitative estimate of drug-likeness (QED) is 0.914. The molecule has 0 amide bonds. The van der Waals surface area contributed by atoms with Crippen LogP contribution < -0.4 is 0 Å². The van der Waals surface area contributed by atoms with E-state index in [9.17, 15) is 15.0 Å². The molecule has 0 aliphatic carbocycles. The minimum Gasteiger partial charge on any atom is -0.480 e.